The summed E-state index contributed by atoms with van der Waals surface area (Å²) in [5, 5.41) is 3.33. The molecule has 0 saturated carbocycles. The Morgan fingerprint density at radius 1 is 1.29 bits per heavy atom. The SMILES string of the molecule is CCCNC(CC1CCCCO1)c1ccc(C)c(F)c1F. The molecule has 2 nitrogen and oxygen atoms in total. The molecular weight excluding hydrogens is 272 g/mol. The lowest BCUT2D eigenvalue weighted by molar-refractivity contribution is 0.00482. The van der Waals surface area contributed by atoms with Crippen molar-refractivity contribution in [3.8, 4) is 0 Å². The highest BCUT2D eigenvalue weighted by molar-refractivity contribution is 5.28. The molecule has 1 aliphatic rings. The number of nitrogens with one attached hydrogen (secondary N) is 1. The van der Waals surface area contributed by atoms with E-state index in [4.69, 9.17) is 4.74 Å². The molecule has 0 aromatic heterocycles. The molecule has 2 rings (SSSR count). The molecule has 1 heterocycles. The third-order valence-corrected chi connectivity index (χ3v) is 4.09. The van der Waals surface area contributed by atoms with Crippen LogP contribution in [0.15, 0.2) is 12.1 Å². The van der Waals surface area contributed by atoms with E-state index in [9.17, 15) is 8.78 Å². The third kappa shape index (κ3) is 4.24. The Kier molecular flexibility index (Phi) is 6.12. The molecule has 0 aliphatic carbocycles. The maximum Gasteiger partial charge on any atom is 0.163 e. The first-order valence-electron chi connectivity index (χ1n) is 7.93. The summed E-state index contributed by atoms with van der Waals surface area (Å²) in [6.07, 6.45) is 5.03. The minimum Gasteiger partial charge on any atom is -0.378 e. The normalized spacial score (nSPS) is 20.5. The van der Waals surface area contributed by atoms with Crippen LogP contribution in [0.3, 0.4) is 0 Å². The monoisotopic (exact) mass is 297 g/mol. The van der Waals surface area contributed by atoms with Gasteiger partial charge in [-0.2, -0.15) is 0 Å². The van der Waals surface area contributed by atoms with Crippen LogP contribution < -0.4 is 5.32 Å². The lowest BCUT2D eigenvalue weighted by Crippen LogP contribution is -2.30. The Bertz CT molecular complexity index is 458. The van der Waals surface area contributed by atoms with E-state index in [1.165, 1.54) is 0 Å². The van der Waals surface area contributed by atoms with Crippen molar-refractivity contribution in [1.29, 1.82) is 0 Å². The van der Waals surface area contributed by atoms with Crippen LogP contribution >= 0.6 is 0 Å². The highest BCUT2D eigenvalue weighted by atomic mass is 19.2. The average molecular weight is 297 g/mol. The van der Waals surface area contributed by atoms with Gasteiger partial charge in [0.05, 0.1) is 6.10 Å². The Morgan fingerprint density at radius 3 is 2.76 bits per heavy atom. The number of ether oxygens (including phenoxy) is 1. The van der Waals surface area contributed by atoms with Crippen LogP contribution in [0.2, 0.25) is 0 Å². The number of halogens is 2. The first kappa shape index (κ1) is 16.4. The van der Waals surface area contributed by atoms with Gasteiger partial charge in [-0.25, -0.2) is 8.78 Å². The second-order valence-corrected chi connectivity index (χ2v) is 5.83. The predicted octanol–water partition coefficient (Wildman–Crippen LogP) is 4.27. The number of hydrogen-bond acceptors (Lipinski definition) is 2. The van der Waals surface area contributed by atoms with E-state index >= 15 is 0 Å². The largest absolute Gasteiger partial charge is 0.378 e. The van der Waals surface area contributed by atoms with E-state index in [0.29, 0.717) is 17.5 Å². The van der Waals surface area contributed by atoms with Crippen LogP contribution in [-0.4, -0.2) is 19.3 Å². The van der Waals surface area contributed by atoms with Crippen molar-refractivity contribution < 1.29 is 13.5 Å². The Balaban J connectivity index is 2.16. The number of benzene rings is 1. The van der Waals surface area contributed by atoms with Gasteiger partial charge in [-0.1, -0.05) is 19.1 Å². The van der Waals surface area contributed by atoms with E-state index in [2.05, 4.69) is 12.2 Å². The minimum absolute atomic E-state index is 0.136. The van der Waals surface area contributed by atoms with Crippen molar-refractivity contribution in [3.05, 3.63) is 34.9 Å². The van der Waals surface area contributed by atoms with Gasteiger partial charge in [-0.05, 0) is 51.1 Å². The smallest absolute Gasteiger partial charge is 0.163 e. The van der Waals surface area contributed by atoms with Gasteiger partial charge in [0.15, 0.2) is 11.6 Å². The highest BCUT2D eigenvalue weighted by Gasteiger charge is 2.24. The zero-order chi connectivity index (χ0) is 15.2. The first-order chi connectivity index (χ1) is 10.1. The van der Waals surface area contributed by atoms with E-state index in [0.717, 1.165) is 38.8 Å². The number of hydrogen-bond donors (Lipinski definition) is 1. The van der Waals surface area contributed by atoms with Crippen molar-refractivity contribution in [2.24, 2.45) is 0 Å². The van der Waals surface area contributed by atoms with E-state index in [1.54, 1.807) is 19.1 Å². The fourth-order valence-electron chi connectivity index (χ4n) is 2.83. The molecule has 1 aromatic rings. The van der Waals surface area contributed by atoms with Gasteiger partial charge in [0.1, 0.15) is 0 Å². The lowest BCUT2D eigenvalue weighted by atomic mass is 9.95. The second-order valence-electron chi connectivity index (χ2n) is 5.83. The van der Waals surface area contributed by atoms with Gasteiger partial charge < -0.3 is 10.1 Å². The lowest BCUT2D eigenvalue weighted by Gasteiger charge is -2.28. The van der Waals surface area contributed by atoms with Crippen LogP contribution in [0.4, 0.5) is 8.78 Å². The van der Waals surface area contributed by atoms with Crippen molar-refractivity contribution in [3.63, 3.8) is 0 Å². The molecule has 0 amide bonds. The molecule has 2 atom stereocenters. The predicted molar refractivity (Wildman–Crippen MR) is 80.3 cm³/mol. The van der Waals surface area contributed by atoms with Gasteiger partial charge in [0.2, 0.25) is 0 Å². The molecule has 0 radical (unpaired) electrons. The van der Waals surface area contributed by atoms with Crippen LogP contribution in [-0.2, 0) is 4.74 Å². The summed E-state index contributed by atoms with van der Waals surface area (Å²) in [6.45, 7) is 5.20. The Morgan fingerprint density at radius 2 is 2.10 bits per heavy atom. The maximum atomic E-state index is 14.2. The molecule has 0 spiro atoms. The van der Waals surface area contributed by atoms with Crippen LogP contribution in [0.25, 0.3) is 0 Å². The summed E-state index contributed by atoms with van der Waals surface area (Å²) in [7, 11) is 0. The Labute approximate surface area is 125 Å². The van der Waals surface area contributed by atoms with Gasteiger partial charge in [-0.15, -0.1) is 0 Å². The summed E-state index contributed by atoms with van der Waals surface area (Å²) in [6, 6.07) is 3.16. The fourth-order valence-corrected chi connectivity index (χ4v) is 2.83. The molecule has 21 heavy (non-hydrogen) atoms. The third-order valence-electron chi connectivity index (χ3n) is 4.09. The summed E-state index contributed by atoms with van der Waals surface area (Å²) < 4.78 is 33.8. The molecular formula is C17H25F2NO. The highest BCUT2D eigenvalue weighted by Crippen LogP contribution is 2.28. The van der Waals surface area contributed by atoms with Gasteiger partial charge >= 0.3 is 0 Å². The van der Waals surface area contributed by atoms with E-state index in [1.807, 2.05) is 0 Å². The summed E-state index contributed by atoms with van der Waals surface area (Å²) in [5.74, 6) is -1.46. The molecule has 1 N–H and O–H groups in total. The summed E-state index contributed by atoms with van der Waals surface area (Å²) in [5.41, 5.74) is 0.764. The van der Waals surface area contributed by atoms with Crippen molar-refractivity contribution >= 4 is 0 Å². The average Bonchev–Trinajstić information content (AvgIpc) is 2.51. The van der Waals surface area contributed by atoms with Crippen molar-refractivity contribution in [2.75, 3.05) is 13.2 Å². The standard InChI is InChI=1S/C17H25F2NO/c1-3-9-20-15(11-13-6-4-5-10-21-13)14-8-7-12(2)16(18)17(14)19/h7-8,13,15,20H,3-6,9-11H2,1-2H3. The van der Waals surface area contributed by atoms with Crippen molar-refractivity contribution in [2.45, 2.75) is 58.1 Å². The van der Waals surface area contributed by atoms with Crippen LogP contribution in [0.1, 0.15) is 56.2 Å². The van der Waals surface area contributed by atoms with Gasteiger partial charge in [0, 0.05) is 18.2 Å². The number of aryl methyl sites for hydroxylation is 1. The molecule has 4 heteroatoms. The summed E-state index contributed by atoms with van der Waals surface area (Å²) in [4.78, 5) is 0. The van der Waals surface area contributed by atoms with E-state index in [-0.39, 0.29) is 12.1 Å². The van der Waals surface area contributed by atoms with Crippen molar-refractivity contribution in [1.82, 2.24) is 5.32 Å². The molecule has 1 aromatic carbocycles. The minimum atomic E-state index is -0.736. The maximum absolute atomic E-state index is 14.2. The molecule has 1 saturated heterocycles. The van der Waals surface area contributed by atoms with E-state index < -0.39 is 11.6 Å². The molecule has 0 bridgehead atoms. The van der Waals surface area contributed by atoms with Crippen LogP contribution in [0, 0.1) is 18.6 Å². The fraction of sp³-hybridized carbons (Fsp3) is 0.647. The van der Waals surface area contributed by atoms with Gasteiger partial charge in [0.25, 0.3) is 0 Å². The topological polar surface area (TPSA) is 21.3 Å². The zero-order valence-electron chi connectivity index (χ0n) is 12.9. The molecule has 1 fully saturated rings. The second kappa shape index (κ2) is 7.85. The Hall–Kier alpha value is -1.00. The zero-order valence-corrected chi connectivity index (χ0v) is 12.9. The molecule has 1 aliphatic heterocycles. The quantitative estimate of drug-likeness (QED) is 0.846. The summed E-state index contributed by atoms with van der Waals surface area (Å²) >= 11 is 0. The van der Waals surface area contributed by atoms with Gasteiger partial charge in [-0.3, -0.25) is 0 Å². The first-order valence-corrected chi connectivity index (χ1v) is 7.93. The molecule has 2 unspecified atom stereocenters. The number of rotatable bonds is 6. The molecule has 118 valence electrons. The van der Waals surface area contributed by atoms with Crippen LogP contribution in [0.5, 0.6) is 0 Å².